The number of hydrogen-bond acceptors (Lipinski definition) is 6. The van der Waals surface area contributed by atoms with Gasteiger partial charge in [0.05, 0.1) is 20.2 Å². The molecule has 1 unspecified atom stereocenters. The summed E-state index contributed by atoms with van der Waals surface area (Å²) < 4.78 is 101. The van der Waals surface area contributed by atoms with E-state index in [1.807, 2.05) is 13.0 Å². The van der Waals surface area contributed by atoms with E-state index < -0.39 is 37.8 Å². The molecule has 0 saturated carbocycles. The number of hydrogen-bond donors (Lipinski definition) is 2. The molecule has 2 N–H and O–H groups in total. The van der Waals surface area contributed by atoms with Crippen molar-refractivity contribution in [1.29, 1.82) is 0 Å². The van der Waals surface area contributed by atoms with Crippen LogP contribution in [0.1, 0.15) is 23.5 Å². The molecule has 0 bridgehead atoms. The van der Waals surface area contributed by atoms with Gasteiger partial charge in [-0.15, -0.1) is 0 Å². The van der Waals surface area contributed by atoms with Gasteiger partial charge in [-0.3, -0.25) is 0 Å². The van der Waals surface area contributed by atoms with Crippen LogP contribution in [0.3, 0.4) is 0 Å². The fourth-order valence-corrected chi connectivity index (χ4v) is 7.57. The zero-order chi connectivity index (χ0) is 30.2. The lowest BCUT2D eigenvalue weighted by atomic mass is 9.94. The highest BCUT2D eigenvalue weighted by Gasteiger charge is 2.38. The maximum absolute atomic E-state index is 14.2. The van der Waals surface area contributed by atoms with Crippen LogP contribution in [-0.4, -0.2) is 51.1 Å². The number of carbonyl (C=O) groups is 1. The first-order valence-corrected chi connectivity index (χ1v) is 15.0. The molecule has 5 rings (SSSR count). The van der Waals surface area contributed by atoms with E-state index in [0.29, 0.717) is 5.92 Å². The molecule has 1 fully saturated rings. The third-order valence-electron chi connectivity index (χ3n) is 6.58. The van der Waals surface area contributed by atoms with Crippen LogP contribution in [0.2, 0.25) is 0 Å². The molecule has 0 radical (unpaired) electrons. The van der Waals surface area contributed by atoms with Gasteiger partial charge in [-0.05, 0) is 79.4 Å². The number of alkyl halides is 3. The minimum absolute atomic E-state index is 0.00513. The highest BCUT2D eigenvalue weighted by atomic mass is 32.2. The van der Waals surface area contributed by atoms with Crippen LogP contribution in [0.25, 0.3) is 10.9 Å². The van der Waals surface area contributed by atoms with Gasteiger partial charge in [-0.2, -0.15) is 13.2 Å². The lowest BCUT2D eigenvalue weighted by Crippen LogP contribution is -2.21. The van der Waals surface area contributed by atoms with Crippen molar-refractivity contribution in [2.75, 3.05) is 13.1 Å². The summed E-state index contributed by atoms with van der Waals surface area (Å²) in [6.45, 7) is 3.64. The number of sulfone groups is 1. The molecular weight excluding hydrogens is 588 g/mol. The second-order valence-electron chi connectivity index (χ2n) is 9.28. The molecule has 1 atom stereocenters. The van der Waals surface area contributed by atoms with Crippen LogP contribution in [0.4, 0.5) is 17.6 Å². The number of aliphatic carboxylic acids is 1. The van der Waals surface area contributed by atoms with Crippen LogP contribution in [-0.2, 0) is 24.7 Å². The highest BCUT2D eigenvalue weighted by molar-refractivity contribution is 7.92. The number of nitrogens with one attached hydrogen (secondary N) is 1. The lowest BCUT2D eigenvalue weighted by molar-refractivity contribution is -0.192. The first-order valence-electron chi connectivity index (χ1n) is 12.1. The Labute approximate surface area is 233 Å². The maximum Gasteiger partial charge on any atom is 0.490 e. The zero-order valence-corrected chi connectivity index (χ0v) is 23.0. The van der Waals surface area contributed by atoms with Gasteiger partial charge in [-0.1, -0.05) is 24.3 Å². The van der Waals surface area contributed by atoms with Crippen LogP contribution >= 0.6 is 0 Å². The molecule has 3 aromatic carbocycles. The average Bonchev–Trinajstić information content (AvgIpc) is 3.58. The van der Waals surface area contributed by atoms with Gasteiger partial charge < -0.3 is 10.4 Å². The van der Waals surface area contributed by atoms with E-state index in [1.165, 1.54) is 18.2 Å². The second-order valence-corrected chi connectivity index (χ2v) is 13.0. The van der Waals surface area contributed by atoms with Gasteiger partial charge in [0.25, 0.3) is 10.0 Å². The van der Waals surface area contributed by atoms with Gasteiger partial charge in [0, 0.05) is 18.1 Å². The Morgan fingerprint density at radius 3 is 2.20 bits per heavy atom. The summed E-state index contributed by atoms with van der Waals surface area (Å²) in [7, 11) is -8.24. The number of nitrogens with zero attached hydrogens (tertiary/aromatic N) is 1. The van der Waals surface area contributed by atoms with Gasteiger partial charge in [0.1, 0.15) is 5.82 Å². The molecule has 1 aromatic heterocycles. The summed E-state index contributed by atoms with van der Waals surface area (Å²) in [5.74, 6) is -3.09. The Hall–Kier alpha value is -3.75. The lowest BCUT2D eigenvalue weighted by Gasteiger charge is -2.14. The van der Waals surface area contributed by atoms with E-state index in [1.54, 1.807) is 30.3 Å². The molecule has 41 heavy (non-hydrogen) atoms. The molecule has 2 heterocycles. The van der Waals surface area contributed by atoms with Crippen molar-refractivity contribution in [2.24, 2.45) is 0 Å². The van der Waals surface area contributed by atoms with Crippen LogP contribution < -0.4 is 5.32 Å². The number of rotatable bonds is 5. The van der Waals surface area contributed by atoms with Crippen LogP contribution in [0, 0.1) is 12.7 Å². The number of halogens is 4. The van der Waals surface area contributed by atoms with Crippen molar-refractivity contribution >= 4 is 36.7 Å². The topological polar surface area (TPSA) is 123 Å². The molecule has 1 saturated heterocycles. The van der Waals surface area contributed by atoms with Crippen molar-refractivity contribution in [3.05, 3.63) is 89.9 Å². The summed E-state index contributed by atoms with van der Waals surface area (Å²) in [6.07, 6.45) is -3.02. The Kier molecular flexibility index (Phi) is 8.30. The summed E-state index contributed by atoms with van der Waals surface area (Å²) >= 11 is 0. The van der Waals surface area contributed by atoms with Crippen LogP contribution in [0.15, 0.2) is 87.6 Å². The molecule has 1 aliphatic heterocycles. The molecule has 14 heteroatoms. The molecule has 4 aromatic rings. The molecule has 218 valence electrons. The number of fused-ring (bicyclic) bond motifs is 1. The van der Waals surface area contributed by atoms with Crippen molar-refractivity contribution < 1.29 is 44.3 Å². The summed E-state index contributed by atoms with van der Waals surface area (Å²) in [5.41, 5.74) is 2.03. The second kappa shape index (κ2) is 11.3. The SMILES string of the molecule is Cc1cc(S(=O)(=O)c2cn(S(=O)(=O)c3ccccc3)c3ccc(F)cc23)ccc1C1CCNC1.O=C(O)C(F)(F)F. The largest absolute Gasteiger partial charge is 0.490 e. The average molecular weight is 613 g/mol. The van der Waals surface area contributed by atoms with Crippen molar-refractivity contribution in [3.8, 4) is 0 Å². The minimum Gasteiger partial charge on any atom is -0.475 e. The highest BCUT2D eigenvalue weighted by Crippen LogP contribution is 2.35. The van der Waals surface area contributed by atoms with Crippen molar-refractivity contribution in [3.63, 3.8) is 0 Å². The van der Waals surface area contributed by atoms with E-state index >= 15 is 0 Å². The van der Waals surface area contributed by atoms with Gasteiger partial charge >= 0.3 is 12.1 Å². The summed E-state index contributed by atoms with van der Waals surface area (Å²) in [6, 6.07) is 16.1. The predicted octanol–water partition coefficient (Wildman–Crippen LogP) is 4.87. The molecule has 0 amide bonds. The standard InChI is InChI=1S/C25H23FN2O4S2.C2HF3O2/c1-17-13-21(8-9-22(17)18-11-12-27-15-18)33(29,30)25-16-28(24-10-7-19(26)14-23(24)25)34(31,32)20-5-3-2-4-6-20;3-2(4,5)1(6)7/h2-10,13-14,16,18,27H,11-12,15H2,1H3;(H,6,7). The molecule has 0 aliphatic carbocycles. The number of carboxylic acids is 1. The smallest absolute Gasteiger partial charge is 0.475 e. The Morgan fingerprint density at radius 2 is 1.63 bits per heavy atom. The van der Waals surface area contributed by atoms with E-state index in [0.717, 1.165) is 52.9 Å². The third-order valence-corrected chi connectivity index (χ3v) is 10.0. The Balaban J connectivity index is 0.000000493. The fourth-order valence-electron chi connectivity index (χ4n) is 4.58. The van der Waals surface area contributed by atoms with E-state index in [4.69, 9.17) is 9.90 Å². The molecule has 0 spiro atoms. The first kappa shape index (κ1) is 30.2. The van der Waals surface area contributed by atoms with Gasteiger partial charge in [0.2, 0.25) is 9.84 Å². The summed E-state index contributed by atoms with van der Waals surface area (Å²) in [4.78, 5) is 8.69. The Bertz CT molecular complexity index is 1810. The van der Waals surface area contributed by atoms with Crippen LogP contribution in [0.5, 0.6) is 0 Å². The molecule has 8 nitrogen and oxygen atoms in total. The van der Waals surface area contributed by atoms with Gasteiger partial charge in [-0.25, -0.2) is 30.0 Å². The molecular formula is C27H24F4N2O6S2. The maximum atomic E-state index is 14.2. The first-order chi connectivity index (χ1) is 19.1. The minimum atomic E-state index is -5.08. The Morgan fingerprint density at radius 1 is 0.976 bits per heavy atom. The number of benzene rings is 3. The quantitative estimate of drug-likeness (QED) is 0.309. The fraction of sp³-hybridized carbons (Fsp3) is 0.222. The van der Waals surface area contributed by atoms with Gasteiger partial charge in [0.15, 0.2) is 0 Å². The zero-order valence-electron chi connectivity index (χ0n) is 21.4. The van der Waals surface area contributed by atoms with E-state index in [-0.39, 0.29) is 25.6 Å². The monoisotopic (exact) mass is 612 g/mol. The normalized spacial score (nSPS) is 15.9. The number of carboxylic acid groups (broad SMARTS) is 1. The third kappa shape index (κ3) is 6.14. The predicted molar refractivity (Wildman–Crippen MR) is 141 cm³/mol. The summed E-state index contributed by atoms with van der Waals surface area (Å²) in [5, 5.41) is 10.5. The van der Waals surface area contributed by atoms with E-state index in [9.17, 15) is 34.4 Å². The van der Waals surface area contributed by atoms with E-state index in [2.05, 4.69) is 5.32 Å². The number of aryl methyl sites for hydroxylation is 1. The van der Waals surface area contributed by atoms with Crippen molar-refractivity contribution in [1.82, 2.24) is 9.29 Å². The number of aromatic nitrogens is 1. The molecule has 1 aliphatic rings. The van der Waals surface area contributed by atoms with Crippen molar-refractivity contribution in [2.45, 2.75) is 40.1 Å².